The standard InChI is InChI=1S/C18H23N7OS/c1-13-10-20-17(21-15-9-14(2)23-27-15)22-16(13)24-11-18(12-24,3-4-19)25-5-7-26-8-6-25/h9-10H,3,5-8,11-12H2,1-2H3,(H,20,21,22). The average Bonchev–Trinajstić information content (AvgIpc) is 3.05. The predicted octanol–water partition coefficient (Wildman–Crippen LogP) is 2.10. The van der Waals surface area contributed by atoms with Gasteiger partial charge in [0, 0.05) is 37.9 Å². The second-order valence-electron chi connectivity index (χ2n) is 7.17. The molecule has 2 aliphatic rings. The van der Waals surface area contributed by atoms with Crippen LogP contribution in [0.25, 0.3) is 0 Å². The Kier molecular flexibility index (Phi) is 4.95. The molecule has 2 fully saturated rings. The first-order chi connectivity index (χ1) is 13.1. The maximum absolute atomic E-state index is 9.35. The van der Waals surface area contributed by atoms with Crippen LogP contribution in [0.4, 0.5) is 16.8 Å². The molecule has 0 amide bonds. The highest BCUT2D eigenvalue weighted by Gasteiger charge is 2.48. The SMILES string of the molecule is Cc1cc(Nc2ncc(C)c(N3CC(CC#N)(N4CCOCC4)C3)n2)sn1. The van der Waals surface area contributed by atoms with Gasteiger partial charge in [-0.05, 0) is 31.4 Å². The van der Waals surface area contributed by atoms with E-state index in [4.69, 9.17) is 9.72 Å². The van der Waals surface area contributed by atoms with E-state index in [0.29, 0.717) is 12.4 Å². The minimum atomic E-state index is -0.0989. The maximum atomic E-state index is 9.35. The summed E-state index contributed by atoms with van der Waals surface area (Å²) < 4.78 is 9.75. The molecule has 1 N–H and O–H groups in total. The molecule has 27 heavy (non-hydrogen) atoms. The maximum Gasteiger partial charge on any atom is 0.229 e. The van der Waals surface area contributed by atoms with E-state index >= 15 is 0 Å². The van der Waals surface area contributed by atoms with Crippen LogP contribution in [0.1, 0.15) is 17.7 Å². The normalized spacial score (nSPS) is 19.4. The summed E-state index contributed by atoms with van der Waals surface area (Å²) in [6.07, 6.45) is 2.37. The van der Waals surface area contributed by atoms with Gasteiger partial charge >= 0.3 is 0 Å². The number of rotatable bonds is 5. The number of aromatic nitrogens is 3. The van der Waals surface area contributed by atoms with Gasteiger partial charge < -0.3 is 15.0 Å². The van der Waals surface area contributed by atoms with Gasteiger partial charge in [0.2, 0.25) is 5.95 Å². The van der Waals surface area contributed by atoms with Crippen LogP contribution < -0.4 is 10.2 Å². The van der Waals surface area contributed by atoms with Crippen molar-refractivity contribution in [1.82, 2.24) is 19.2 Å². The molecule has 4 rings (SSSR count). The van der Waals surface area contributed by atoms with E-state index < -0.39 is 0 Å². The van der Waals surface area contributed by atoms with Gasteiger partial charge in [-0.1, -0.05) is 0 Å². The second kappa shape index (κ2) is 7.38. The lowest BCUT2D eigenvalue weighted by Crippen LogP contribution is -2.72. The van der Waals surface area contributed by atoms with Crippen LogP contribution in [-0.2, 0) is 4.74 Å². The number of aryl methyl sites for hydroxylation is 2. The van der Waals surface area contributed by atoms with Crippen LogP contribution in [0.3, 0.4) is 0 Å². The Balaban J connectivity index is 1.50. The van der Waals surface area contributed by atoms with Crippen molar-refractivity contribution in [3.05, 3.63) is 23.5 Å². The molecule has 0 unspecified atom stereocenters. The van der Waals surface area contributed by atoms with Crippen molar-refractivity contribution >= 4 is 28.3 Å². The summed E-state index contributed by atoms with van der Waals surface area (Å²) in [7, 11) is 0. The van der Waals surface area contributed by atoms with Crippen LogP contribution in [0, 0.1) is 25.2 Å². The van der Waals surface area contributed by atoms with E-state index in [0.717, 1.165) is 61.5 Å². The molecule has 4 heterocycles. The third kappa shape index (κ3) is 3.60. The van der Waals surface area contributed by atoms with Gasteiger partial charge in [0.25, 0.3) is 0 Å². The summed E-state index contributed by atoms with van der Waals surface area (Å²) >= 11 is 1.40. The van der Waals surface area contributed by atoms with Crippen molar-refractivity contribution in [1.29, 1.82) is 5.26 Å². The summed E-state index contributed by atoms with van der Waals surface area (Å²) in [5, 5.41) is 13.5. The number of morpholine rings is 1. The summed E-state index contributed by atoms with van der Waals surface area (Å²) in [5.41, 5.74) is 1.91. The molecule has 8 nitrogen and oxygen atoms in total. The van der Waals surface area contributed by atoms with E-state index in [2.05, 4.69) is 30.5 Å². The molecule has 0 saturated carbocycles. The number of nitriles is 1. The van der Waals surface area contributed by atoms with E-state index in [9.17, 15) is 5.26 Å². The fourth-order valence-corrected chi connectivity index (χ4v) is 4.42. The number of ether oxygens (including phenoxy) is 1. The molecular formula is C18H23N7OS. The largest absolute Gasteiger partial charge is 0.379 e. The van der Waals surface area contributed by atoms with Crippen molar-refractivity contribution in [2.75, 3.05) is 49.6 Å². The van der Waals surface area contributed by atoms with Gasteiger partial charge in [-0.25, -0.2) is 4.98 Å². The summed E-state index contributed by atoms with van der Waals surface area (Å²) in [6.45, 7) is 8.84. The van der Waals surface area contributed by atoms with Crippen molar-refractivity contribution in [3.8, 4) is 6.07 Å². The molecule has 0 bridgehead atoms. The van der Waals surface area contributed by atoms with Gasteiger partial charge in [0.1, 0.15) is 10.8 Å². The smallest absolute Gasteiger partial charge is 0.229 e. The Morgan fingerprint density at radius 2 is 2.11 bits per heavy atom. The minimum absolute atomic E-state index is 0.0989. The van der Waals surface area contributed by atoms with Crippen LogP contribution >= 0.6 is 11.5 Å². The molecule has 2 aliphatic heterocycles. The van der Waals surface area contributed by atoms with Crippen LogP contribution in [-0.4, -0.2) is 64.2 Å². The van der Waals surface area contributed by atoms with E-state index in [1.807, 2.05) is 26.1 Å². The second-order valence-corrected chi connectivity index (χ2v) is 7.98. The van der Waals surface area contributed by atoms with Crippen molar-refractivity contribution in [2.24, 2.45) is 0 Å². The third-order valence-electron chi connectivity index (χ3n) is 5.17. The highest BCUT2D eigenvalue weighted by molar-refractivity contribution is 7.10. The molecule has 2 aromatic rings. The summed E-state index contributed by atoms with van der Waals surface area (Å²) in [6, 6.07) is 4.36. The number of nitrogens with zero attached hydrogens (tertiary/aromatic N) is 6. The molecule has 0 aliphatic carbocycles. The van der Waals surface area contributed by atoms with Gasteiger partial charge in [-0.2, -0.15) is 14.6 Å². The highest BCUT2D eigenvalue weighted by Crippen LogP contribution is 2.36. The van der Waals surface area contributed by atoms with Gasteiger partial charge in [-0.15, -0.1) is 0 Å². The zero-order chi connectivity index (χ0) is 18.9. The topological polar surface area (TPSA) is 90.2 Å². The molecule has 9 heteroatoms. The fourth-order valence-electron chi connectivity index (χ4n) is 3.77. The average molecular weight is 385 g/mol. The Labute approximate surface area is 163 Å². The first-order valence-corrected chi connectivity index (χ1v) is 9.86. The molecule has 0 radical (unpaired) electrons. The molecule has 0 spiro atoms. The van der Waals surface area contributed by atoms with Crippen LogP contribution in [0.5, 0.6) is 0 Å². The monoisotopic (exact) mass is 385 g/mol. The van der Waals surface area contributed by atoms with Crippen molar-refractivity contribution in [2.45, 2.75) is 25.8 Å². The van der Waals surface area contributed by atoms with Gasteiger partial charge in [-0.3, -0.25) is 4.90 Å². The van der Waals surface area contributed by atoms with Crippen molar-refractivity contribution < 1.29 is 4.74 Å². The molecule has 142 valence electrons. The lowest BCUT2D eigenvalue weighted by molar-refractivity contribution is -0.0326. The molecule has 0 aromatic carbocycles. The van der Waals surface area contributed by atoms with Crippen LogP contribution in [0.2, 0.25) is 0 Å². The zero-order valence-corrected chi connectivity index (χ0v) is 16.4. The highest BCUT2D eigenvalue weighted by atomic mass is 32.1. The zero-order valence-electron chi connectivity index (χ0n) is 15.6. The predicted molar refractivity (Wildman–Crippen MR) is 104 cm³/mol. The lowest BCUT2D eigenvalue weighted by atomic mass is 9.84. The first-order valence-electron chi connectivity index (χ1n) is 9.08. The van der Waals surface area contributed by atoms with E-state index in [1.54, 1.807) is 0 Å². The minimum Gasteiger partial charge on any atom is -0.379 e. The van der Waals surface area contributed by atoms with Gasteiger partial charge in [0.05, 0.1) is 36.9 Å². The first kappa shape index (κ1) is 18.1. The fraction of sp³-hybridized carbons (Fsp3) is 0.556. The van der Waals surface area contributed by atoms with E-state index in [-0.39, 0.29) is 5.54 Å². The van der Waals surface area contributed by atoms with Gasteiger partial charge in [0.15, 0.2) is 0 Å². The van der Waals surface area contributed by atoms with Crippen LogP contribution in [0.15, 0.2) is 12.3 Å². The Morgan fingerprint density at radius 1 is 1.33 bits per heavy atom. The quantitative estimate of drug-likeness (QED) is 0.837. The summed E-state index contributed by atoms with van der Waals surface area (Å²) in [4.78, 5) is 13.8. The molecule has 2 saturated heterocycles. The third-order valence-corrected chi connectivity index (χ3v) is 5.96. The van der Waals surface area contributed by atoms with Crippen molar-refractivity contribution in [3.63, 3.8) is 0 Å². The Hall–Kier alpha value is -2.28. The molecular weight excluding hydrogens is 362 g/mol. The number of nitrogens with one attached hydrogen (secondary N) is 1. The van der Waals surface area contributed by atoms with E-state index in [1.165, 1.54) is 11.5 Å². The Bertz CT molecular complexity index is 850. The number of hydrogen-bond acceptors (Lipinski definition) is 9. The summed E-state index contributed by atoms with van der Waals surface area (Å²) in [5.74, 6) is 1.50. The number of hydrogen-bond donors (Lipinski definition) is 1. The molecule has 0 atom stereocenters. The Morgan fingerprint density at radius 3 is 2.78 bits per heavy atom. The lowest BCUT2D eigenvalue weighted by Gasteiger charge is -2.56. The number of anilines is 3. The molecule has 2 aromatic heterocycles.